The molecule has 136 valence electrons. The van der Waals surface area contributed by atoms with Crippen LogP contribution in [0.25, 0.3) is 0 Å². The molecule has 2 aromatic rings. The number of sulfonamides is 1. The lowest BCUT2D eigenvalue weighted by Gasteiger charge is -2.29. The van der Waals surface area contributed by atoms with Crippen LogP contribution in [0.5, 0.6) is 5.75 Å². The molecular formula is C16H23N5O3S. The summed E-state index contributed by atoms with van der Waals surface area (Å²) in [6.07, 6.45) is 2.25. The number of benzene rings is 1. The number of nitrogens with zero attached hydrogens (tertiary/aromatic N) is 3. The number of aromatic nitrogens is 3. The molecule has 0 amide bonds. The predicted octanol–water partition coefficient (Wildman–Crippen LogP) is 0.670. The lowest BCUT2D eigenvalue weighted by molar-refractivity contribution is 0.289. The minimum Gasteiger partial charge on any atom is -0.486 e. The van der Waals surface area contributed by atoms with Gasteiger partial charge in [0.1, 0.15) is 18.7 Å². The first kappa shape index (κ1) is 17.8. The molecule has 1 saturated heterocycles. The van der Waals surface area contributed by atoms with Crippen molar-refractivity contribution in [2.24, 2.45) is 13.0 Å². The first-order chi connectivity index (χ1) is 12.0. The highest BCUT2D eigenvalue weighted by Gasteiger charge is 2.26. The van der Waals surface area contributed by atoms with Crippen molar-refractivity contribution in [3.63, 3.8) is 0 Å². The summed E-state index contributed by atoms with van der Waals surface area (Å²) in [5.41, 5.74) is 0. The van der Waals surface area contributed by atoms with Crippen molar-refractivity contribution in [3.05, 3.63) is 36.4 Å². The molecule has 0 radical (unpaired) electrons. The van der Waals surface area contributed by atoms with Crippen molar-refractivity contribution in [2.75, 3.05) is 13.1 Å². The molecule has 25 heavy (non-hydrogen) atoms. The Kier molecular flexibility index (Phi) is 5.36. The number of hydrogen-bond donors (Lipinski definition) is 2. The molecule has 1 aliphatic rings. The van der Waals surface area contributed by atoms with E-state index in [1.165, 1.54) is 6.33 Å². The molecule has 1 aromatic heterocycles. The third-order valence-corrected chi connectivity index (χ3v) is 5.90. The summed E-state index contributed by atoms with van der Waals surface area (Å²) in [5, 5.41) is 7.23. The molecule has 2 unspecified atom stereocenters. The molecule has 8 nitrogen and oxygen atoms in total. The van der Waals surface area contributed by atoms with Crippen molar-refractivity contribution in [3.8, 4) is 5.75 Å². The maximum Gasteiger partial charge on any atom is 0.240 e. The topological polar surface area (TPSA) is 98.1 Å². The van der Waals surface area contributed by atoms with Crippen LogP contribution in [0.1, 0.15) is 19.2 Å². The predicted molar refractivity (Wildman–Crippen MR) is 92.5 cm³/mol. The highest BCUT2D eigenvalue weighted by atomic mass is 32.2. The van der Waals surface area contributed by atoms with Gasteiger partial charge in [0.15, 0.2) is 5.82 Å². The van der Waals surface area contributed by atoms with Crippen LogP contribution in [-0.2, 0) is 23.7 Å². The zero-order valence-corrected chi connectivity index (χ0v) is 15.2. The summed E-state index contributed by atoms with van der Waals surface area (Å²) in [4.78, 5) is 4.32. The van der Waals surface area contributed by atoms with Crippen LogP contribution < -0.4 is 14.8 Å². The largest absolute Gasteiger partial charge is 0.486 e. The number of hydrogen-bond acceptors (Lipinski definition) is 6. The lowest BCUT2D eigenvalue weighted by Crippen LogP contribution is -2.48. The maximum atomic E-state index is 12.6. The van der Waals surface area contributed by atoms with Gasteiger partial charge in [0.05, 0.1) is 4.90 Å². The number of rotatable bonds is 6. The molecule has 0 aliphatic carbocycles. The van der Waals surface area contributed by atoms with Crippen LogP contribution in [0.4, 0.5) is 0 Å². The number of piperidine rings is 1. The van der Waals surface area contributed by atoms with E-state index in [-0.39, 0.29) is 23.5 Å². The fourth-order valence-corrected chi connectivity index (χ4v) is 4.15. The van der Waals surface area contributed by atoms with Crippen LogP contribution >= 0.6 is 0 Å². The highest BCUT2D eigenvalue weighted by molar-refractivity contribution is 7.89. The smallest absolute Gasteiger partial charge is 0.240 e. The summed E-state index contributed by atoms with van der Waals surface area (Å²) in [6, 6.07) is 6.37. The van der Waals surface area contributed by atoms with Crippen molar-refractivity contribution < 1.29 is 13.2 Å². The third kappa shape index (κ3) is 4.36. The van der Waals surface area contributed by atoms with Crippen molar-refractivity contribution in [2.45, 2.75) is 30.9 Å². The first-order valence-electron chi connectivity index (χ1n) is 8.24. The van der Waals surface area contributed by atoms with Crippen molar-refractivity contribution in [1.82, 2.24) is 24.8 Å². The van der Waals surface area contributed by atoms with Gasteiger partial charge in [-0.3, -0.25) is 4.68 Å². The standard InChI is InChI=1S/C16H23N5O3S/c1-12-9-17-8-7-15(12)20-25(22,23)14-5-3-13(4-6-14)24-10-16-18-11-19-21(16)2/h3-6,11-12,15,17,20H,7-10H2,1-2H3. The Hall–Kier alpha value is -1.97. The van der Waals surface area contributed by atoms with Gasteiger partial charge in [-0.05, 0) is 49.7 Å². The molecule has 1 aliphatic heterocycles. The van der Waals surface area contributed by atoms with Gasteiger partial charge in [-0.25, -0.2) is 18.1 Å². The molecule has 2 N–H and O–H groups in total. The van der Waals surface area contributed by atoms with Gasteiger partial charge in [-0.15, -0.1) is 0 Å². The van der Waals surface area contributed by atoms with E-state index < -0.39 is 10.0 Å². The summed E-state index contributed by atoms with van der Waals surface area (Å²) in [5.74, 6) is 1.54. The van der Waals surface area contributed by atoms with Crippen LogP contribution in [-0.4, -0.2) is 42.3 Å². The molecule has 0 spiro atoms. The summed E-state index contributed by atoms with van der Waals surface area (Å²) in [7, 11) is -1.75. The van der Waals surface area contributed by atoms with Crippen LogP contribution in [0.2, 0.25) is 0 Å². The number of aryl methyl sites for hydroxylation is 1. The van der Waals surface area contributed by atoms with Gasteiger partial charge in [-0.1, -0.05) is 6.92 Å². The monoisotopic (exact) mass is 365 g/mol. The zero-order valence-electron chi connectivity index (χ0n) is 14.3. The molecule has 9 heteroatoms. The Labute approximate surface area is 147 Å². The Bertz CT molecular complexity index is 803. The molecular weight excluding hydrogens is 342 g/mol. The maximum absolute atomic E-state index is 12.6. The Morgan fingerprint density at radius 3 is 2.76 bits per heavy atom. The van der Waals surface area contributed by atoms with Gasteiger partial charge in [0.2, 0.25) is 10.0 Å². The summed E-state index contributed by atoms with van der Waals surface area (Å²) < 4.78 is 35.2. The quantitative estimate of drug-likeness (QED) is 0.781. The van der Waals surface area contributed by atoms with E-state index in [2.05, 4.69) is 20.1 Å². The van der Waals surface area contributed by atoms with Crippen LogP contribution in [0, 0.1) is 5.92 Å². The van der Waals surface area contributed by atoms with Crippen LogP contribution in [0.15, 0.2) is 35.5 Å². The Balaban J connectivity index is 1.63. The average Bonchev–Trinajstić information content (AvgIpc) is 3.00. The molecule has 0 bridgehead atoms. The molecule has 3 rings (SSSR count). The molecule has 2 heterocycles. The molecule has 1 aromatic carbocycles. The molecule has 0 saturated carbocycles. The van der Waals surface area contributed by atoms with E-state index in [0.29, 0.717) is 11.6 Å². The normalized spacial score (nSPS) is 21.2. The average molecular weight is 365 g/mol. The number of nitrogens with one attached hydrogen (secondary N) is 2. The lowest BCUT2D eigenvalue weighted by atomic mass is 9.97. The Morgan fingerprint density at radius 2 is 2.12 bits per heavy atom. The fraction of sp³-hybridized carbons (Fsp3) is 0.500. The fourth-order valence-electron chi connectivity index (χ4n) is 2.77. The summed E-state index contributed by atoms with van der Waals surface area (Å²) in [6.45, 7) is 3.96. The number of ether oxygens (including phenoxy) is 1. The second-order valence-corrected chi connectivity index (χ2v) is 7.97. The minimum atomic E-state index is -3.53. The van der Waals surface area contributed by atoms with Gasteiger partial charge in [-0.2, -0.15) is 5.10 Å². The van der Waals surface area contributed by atoms with Gasteiger partial charge in [0, 0.05) is 13.1 Å². The molecule has 1 fully saturated rings. The first-order valence-corrected chi connectivity index (χ1v) is 9.73. The minimum absolute atomic E-state index is 0.0434. The van der Waals surface area contributed by atoms with E-state index in [0.717, 1.165) is 19.5 Å². The van der Waals surface area contributed by atoms with Gasteiger partial charge in [0.25, 0.3) is 0 Å². The van der Waals surface area contributed by atoms with Crippen molar-refractivity contribution in [1.29, 1.82) is 0 Å². The van der Waals surface area contributed by atoms with Crippen molar-refractivity contribution >= 4 is 10.0 Å². The van der Waals surface area contributed by atoms with Gasteiger partial charge >= 0.3 is 0 Å². The Morgan fingerprint density at radius 1 is 1.36 bits per heavy atom. The molecule has 2 atom stereocenters. The third-order valence-electron chi connectivity index (χ3n) is 4.40. The second-order valence-electron chi connectivity index (χ2n) is 6.26. The van der Waals surface area contributed by atoms with E-state index in [1.54, 1.807) is 36.0 Å². The zero-order chi connectivity index (χ0) is 17.9. The van der Waals surface area contributed by atoms with E-state index in [4.69, 9.17) is 4.74 Å². The van der Waals surface area contributed by atoms with E-state index >= 15 is 0 Å². The SMILES string of the molecule is CC1CNCCC1NS(=O)(=O)c1ccc(OCc2ncnn2C)cc1. The van der Waals surface area contributed by atoms with E-state index in [1.807, 2.05) is 6.92 Å². The van der Waals surface area contributed by atoms with Crippen LogP contribution in [0.3, 0.4) is 0 Å². The van der Waals surface area contributed by atoms with E-state index in [9.17, 15) is 8.42 Å². The van der Waals surface area contributed by atoms with Gasteiger partial charge < -0.3 is 10.1 Å². The highest BCUT2D eigenvalue weighted by Crippen LogP contribution is 2.19. The summed E-state index contributed by atoms with van der Waals surface area (Å²) >= 11 is 0. The second kappa shape index (κ2) is 7.51.